The summed E-state index contributed by atoms with van der Waals surface area (Å²) < 4.78 is 1.99. The number of hydrogen-bond acceptors (Lipinski definition) is 3. The van der Waals surface area contributed by atoms with Gasteiger partial charge in [0, 0.05) is 16.5 Å². The van der Waals surface area contributed by atoms with Crippen LogP contribution in [0.3, 0.4) is 0 Å². The summed E-state index contributed by atoms with van der Waals surface area (Å²) in [4.78, 5) is 15.8. The molecule has 2 aromatic carbocycles. The summed E-state index contributed by atoms with van der Waals surface area (Å²) in [6, 6.07) is 16.4. The Kier molecular flexibility index (Phi) is 5.24. The Bertz CT molecular complexity index is 1120. The van der Waals surface area contributed by atoms with E-state index in [1.54, 1.807) is 0 Å². The van der Waals surface area contributed by atoms with E-state index in [1.165, 1.54) is 0 Å². The van der Waals surface area contributed by atoms with Gasteiger partial charge in [-0.25, -0.2) is 4.68 Å². The fourth-order valence-electron chi connectivity index (χ4n) is 4.51. The van der Waals surface area contributed by atoms with E-state index in [-0.39, 0.29) is 11.4 Å². The topological polar surface area (TPSA) is 51.0 Å². The van der Waals surface area contributed by atoms with Crippen LogP contribution in [0.2, 0.25) is 0 Å². The van der Waals surface area contributed by atoms with Gasteiger partial charge in [-0.1, -0.05) is 74.9 Å². The first-order chi connectivity index (χ1) is 14.6. The maximum atomic E-state index is 13.9. The van der Waals surface area contributed by atoms with Crippen molar-refractivity contribution < 1.29 is 4.79 Å². The van der Waals surface area contributed by atoms with E-state index in [1.807, 2.05) is 39.9 Å². The van der Waals surface area contributed by atoms with Gasteiger partial charge in [0.2, 0.25) is 5.91 Å². The highest BCUT2D eigenvalue weighted by atomic mass is 16.2. The number of para-hydroxylation sites is 1. The first kappa shape index (κ1) is 21.3. The third kappa shape index (κ3) is 3.67. The van der Waals surface area contributed by atoms with E-state index in [4.69, 9.17) is 0 Å². The third-order valence-electron chi connectivity index (χ3n) is 6.06. The van der Waals surface area contributed by atoms with Crippen LogP contribution in [0.5, 0.6) is 0 Å². The molecule has 5 heteroatoms. The summed E-state index contributed by atoms with van der Waals surface area (Å²) in [6.07, 6.45) is 1.81. The molecule has 162 valence electrons. The molecule has 0 spiro atoms. The number of hydrogen-bond donors (Lipinski definition) is 0. The van der Waals surface area contributed by atoms with Gasteiger partial charge in [-0.05, 0) is 38.8 Å². The molecular weight excluding hydrogens is 384 g/mol. The van der Waals surface area contributed by atoms with Crippen molar-refractivity contribution in [2.24, 2.45) is 5.41 Å². The van der Waals surface area contributed by atoms with Crippen LogP contribution in [0.4, 0.5) is 5.69 Å². The lowest BCUT2D eigenvalue weighted by Gasteiger charge is -2.35. The van der Waals surface area contributed by atoms with E-state index >= 15 is 0 Å². The van der Waals surface area contributed by atoms with E-state index in [0.717, 1.165) is 46.6 Å². The third-order valence-corrected chi connectivity index (χ3v) is 6.06. The molecule has 0 saturated carbocycles. The van der Waals surface area contributed by atoms with Crippen molar-refractivity contribution in [2.45, 2.75) is 66.5 Å². The lowest BCUT2D eigenvalue weighted by atomic mass is 9.85. The minimum absolute atomic E-state index is 0.148. The van der Waals surface area contributed by atoms with Crippen molar-refractivity contribution in [1.82, 2.24) is 15.0 Å². The summed E-state index contributed by atoms with van der Waals surface area (Å²) in [7, 11) is 0. The van der Waals surface area contributed by atoms with Gasteiger partial charge in [-0.3, -0.25) is 4.79 Å². The number of aromatic nitrogens is 3. The number of amides is 1. The predicted octanol–water partition coefficient (Wildman–Crippen LogP) is 6.04. The average molecular weight is 417 g/mol. The summed E-state index contributed by atoms with van der Waals surface area (Å²) in [6.45, 7) is 13.1. The van der Waals surface area contributed by atoms with E-state index in [9.17, 15) is 4.79 Å². The standard InChI is InChI=1S/C26H32N4O/c1-7-16-26(5,6)24(31)29-17-18-12-8-9-13-19(18)22-23(20-14-10-11-15-21(20)29)30(28-27-22)25(2,3)4/h8-15H,7,16-17H2,1-6H3. The van der Waals surface area contributed by atoms with E-state index in [0.29, 0.717) is 6.54 Å². The number of anilines is 1. The van der Waals surface area contributed by atoms with Gasteiger partial charge in [0.25, 0.3) is 0 Å². The molecule has 1 aromatic heterocycles. The summed E-state index contributed by atoms with van der Waals surface area (Å²) >= 11 is 0. The normalized spacial score (nSPS) is 13.7. The molecule has 3 aromatic rings. The molecule has 0 radical (unpaired) electrons. The van der Waals surface area contributed by atoms with Crippen molar-refractivity contribution in [3.63, 3.8) is 0 Å². The van der Waals surface area contributed by atoms with Crippen LogP contribution in [-0.2, 0) is 16.9 Å². The summed E-state index contributed by atoms with van der Waals surface area (Å²) in [5.41, 5.74) is 5.17. The van der Waals surface area contributed by atoms with Crippen molar-refractivity contribution in [2.75, 3.05) is 4.90 Å². The molecule has 0 aliphatic carbocycles. The van der Waals surface area contributed by atoms with Crippen LogP contribution in [0, 0.1) is 5.41 Å². The zero-order chi connectivity index (χ0) is 22.4. The largest absolute Gasteiger partial charge is 0.307 e. The molecular formula is C26H32N4O. The molecule has 0 N–H and O–H groups in total. The molecule has 0 unspecified atom stereocenters. The fourth-order valence-corrected chi connectivity index (χ4v) is 4.51. The molecule has 5 nitrogen and oxygen atoms in total. The average Bonchev–Trinajstić information content (AvgIpc) is 3.15. The Morgan fingerprint density at radius 2 is 1.61 bits per heavy atom. The number of carbonyl (C=O) groups excluding carboxylic acids is 1. The summed E-state index contributed by atoms with van der Waals surface area (Å²) in [5, 5.41) is 9.18. The highest BCUT2D eigenvalue weighted by Crippen LogP contribution is 2.43. The lowest BCUT2D eigenvalue weighted by molar-refractivity contribution is -0.127. The number of fused-ring (bicyclic) bond motifs is 5. The van der Waals surface area contributed by atoms with Crippen molar-refractivity contribution in [3.8, 4) is 22.5 Å². The smallest absolute Gasteiger partial charge is 0.232 e. The zero-order valence-electron chi connectivity index (χ0n) is 19.4. The Morgan fingerprint density at radius 1 is 0.968 bits per heavy atom. The van der Waals surface area contributed by atoms with Gasteiger partial charge in [-0.15, -0.1) is 5.10 Å². The van der Waals surface area contributed by atoms with E-state index < -0.39 is 5.41 Å². The molecule has 4 rings (SSSR count). The van der Waals surface area contributed by atoms with Crippen LogP contribution in [-0.4, -0.2) is 20.9 Å². The van der Waals surface area contributed by atoms with Gasteiger partial charge in [-0.2, -0.15) is 0 Å². The number of rotatable bonds is 3. The maximum Gasteiger partial charge on any atom is 0.232 e. The number of nitrogens with zero attached hydrogens (tertiary/aromatic N) is 4. The van der Waals surface area contributed by atoms with Gasteiger partial charge in [0.05, 0.1) is 23.5 Å². The predicted molar refractivity (Wildman–Crippen MR) is 126 cm³/mol. The van der Waals surface area contributed by atoms with Gasteiger partial charge < -0.3 is 4.90 Å². The van der Waals surface area contributed by atoms with Crippen molar-refractivity contribution in [3.05, 3.63) is 54.1 Å². The Hall–Kier alpha value is -2.95. The minimum Gasteiger partial charge on any atom is -0.307 e. The van der Waals surface area contributed by atoms with Gasteiger partial charge in [0.15, 0.2) is 0 Å². The number of benzene rings is 2. The molecule has 31 heavy (non-hydrogen) atoms. The highest BCUT2D eigenvalue weighted by molar-refractivity contribution is 6.02. The molecule has 0 saturated heterocycles. The Labute approximate surface area is 185 Å². The van der Waals surface area contributed by atoms with Crippen LogP contribution >= 0.6 is 0 Å². The lowest BCUT2D eigenvalue weighted by Crippen LogP contribution is -2.41. The van der Waals surface area contributed by atoms with Gasteiger partial charge >= 0.3 is 0 Å². The van der Waals surface area contributed by atoms with Crippen LogP contribution < -0.4 is 4.90 Å². The van der Waals surface area contributed by atoms with Crippen LogP contribution in [0.25, 0.3) is 22.5 Å². The molecule has 1 amide bonds. The first-order valence-corrected chi connectivity index (χ1v) is 11.1. The first-order valence-electron chi connectivity index (χ1n) is 11.1. The molecule has 1 aliphatic heterocycles. The maximum absolute atomic E-state index is 13.9. The monoisotopic (exact) mass is 416 g/mol. The molecule has 0 fully saturated rings. The van der Waals surface area contributed by atoms with Crippen LogP contribution in [0.1, 0.15) is 59.9 Å². The molecule has 2 heterocycles. The SMILES string of the molecule is CCCC(C)(C)C(=O)N1Cc2ccccc2-c2nnn(C(C)(C)C)c2-c2ccccc21. The fraction of sp³-hybridized carbons (Fsp3) is 0.423. The second kappa shape index (κ2) is 7.63. The summed E-state index contributed by atoms with van der Waals surface area (Å²) in [5.74, 6) is 0.148. The Morgan fingerprint density at radius 3 is 2.29 bits per heavy atom. The van der Waals surface area contributed by atoms with Crippen molar-refractivity contribution in [1.29, 1.82) is 0 Å². The quantitative estimate of drug-likeness (QED) is 0.523. The number of carbonyl (C=O) groups is 1. The molecule has 0 atom stereocenters. The second-order valence-corrected chi connectivity index (χ2v) is 10.1. The van der Waals surface area contributed by atoms with Gasteiger partial charge in [0.1, 0.15) is 5.69 Å². The molecule has 0 bridgehead atoms. The second-order valence-electron chi connectivity index (χ2n) is 10.1. The molecule has 1 aliphatic rings. The van der Waals surface area contributed by atoms with Crippen LogP contribution in [0.15, 0.2) is 48.5 Å². The van der Waals surface area contributed by atoms with Crippen molar-refractivity contribution >= 4 is 11.6 Å². The zero-order valence-corrected chi connectivity index (χ0v) is 19.4. The Balaban J connectivity index is 2.03. The highest BCUT2D eigenvalue weighted by Gasteiger charge is 2.36. The minimum atomic E-state index is -0.443. The van der Waals surface area contributed by atoms with E-state index in [2.05, 4.69) is 70.1 Å².